The number of aromatic nitrogens is 2. The predicted octanol–water partition coefficient (Wildman–Crippen LogP) is 2.39. The first kappa shape index (κ1) is 16.7. The molecule has 0 radical (unpaired) electrons. The van der Waals surface area contributed by atoms with E-state index in [2.05, 4.69) is 14.8 Å². The Kier molecular flexibility index (Phi) is 4.42. The number of pyridine rings is 2. The SMILES string of the molecule is Cn1c(=O)c(CN2CCN(c3ccccn3)CC2)cc2ccc(F)cc21. The van der Waals surface area contributed by atoms with Crippen LogP contribution < -0.4 is 10.5 Å². The number of halogens is 1. The molecule has 0 unspecified atom stereocenters. The van der Waals surface area contributed by atoms with Crippen LogP contribution in [-0.2, 0) is 13.6 Å². The van der Waals surface area contributed by atoms with Gasteiger partial charge in [0.2, 0.25) is 0 Å². The highest BCUT2D eigenvalue weighted by Crippen LogP contribution is 2.17. The van der Waals surface area contributed by atoms with Gasteiger partial charge in [-0.1, -0.05) is 6.07 Å². The van der Waals surface area contributed by atoms with Gasteiger partial charge in [-0.25, -0.2) is 9.37 Å². The molecule has 2 aromatic heterocycles. The number of hydrogen-bond donors (Lipinski definition) is 0. The third-order valence-electron chi connectivity index (χ3n) is 5.00. The molecule has 3 heterocycles. The van der Waals surface area contributed by atoms with Crippen LogP contribution in [0.5, 0.6) is 0 Å². The minimum Gasteiger partial charge on any atom is -0.354 e. The molecule has 1 aliphatic heterocycles. The van der Waals surface area contributed by atoms with E-state index in [-0.39, 0.29) is 11.4 Å². The molecule has 0 atom stereocenters. The zero-order chi connectivity index (χ0) is 18.1. The molecule has 0 aliphatic carbocycles. The Morgan fingerprint density at radius 1 is 1.08 bits per heavy atom. The van der Waals surface area contributed by atoms with Gasteiger partial charge in [0.1, 0.15) is 11.6 Å². The van der Waals surface area contributed by atoms with E-state index < -0.39 is 0 Å². The maximum Gasteiger partial charge on any atom is 0.255 e. The Morgan fingerprint density at radius 3 is 2.62 bits per heavy atom. The van der Waals surface area contributed by atoms with Gasteiger partial charge in [-0.3, -0.25) is 9.69 Å². The molecular weight excluding hydrogens is 331 g/mol. The molecule has 5 nitrogen and oxygen atoms in total. The largest absolute Gasteiger partial charge is 0.354 e. The molecule has 4 rings (SSSR count). The van der Waals surface area contributed by atoms with Crippen LogP contribution in [0.15, 0.2) is 53.5 Å². The molecule has 3 aromatic rings. The van der Waals surface area contributed by atoms with Crippen LogP contribution >= 0.6 is 0 Å². The van der Waals surface area contributed by atoms with E-state index in [0.29, 0.717) is 12.1 Å². The van der Waals surface area contributed by atoms with Gasteiger partial charge in [-0.2, -0.15) is 0 Å². The van der Waals surface area contributed by atoms with Gasteiger partial charge < -0.3 is 9.47 Å². The lowest BCUT2D eigenvalue weighted by molar-refractivity contribution is 0.248. The van der Waals surface area contributed by atoms with E-state index >= 15 is 0 Å². The predicted molar refractivity (Wildman–Crippen MR) is 101 cm³/mol. The van der Waals surface area contributed by atoms with Gasteiger partial charge in [0.15, 0.2) is 0 Å². The molecule has 0 amide bonds. The number of piperazine rings is 1. The maximum atomic E-state index is 13.5. The van der Waals surface area contributed by atoms with Gasteiger partial charge in [0.25, 0.3) is 5.56 Å². The standard InChI is InChI=1S/C20H21FN4O/c1-23-18-13-17(21)6-5-15(18)12-16(20(23)26)14-24-8-10-25(11-9-24)19-4-2-3-7-22-19/h2-7,12-13H,8-11,14H2,1H3. The highest BCUT2D eigenvalue weighted by molar-refractivity contribution is 5.79. The average Bonchev–Trinajstić information content (AvgIpc) is 2.68. The van der Waals surface area contributed by atoms with Crippen molar-refractivity contribution in [2.45, 2.75) is 6.54 Å². The highest BCUT2D eigenvalue weighted by atomic mass is 19.1. The second-order valence-corrected chi connectivity index (χ2v) is 6.69. The Morgan fingerprint density at radius 2 is 1.88 bits per heavy atom. The Labute approximate surface area is 151 Å². The molecule has 0 spiro atoms. The van der Waals surface area contributed by atoms with E-state index in [1.807, 2.05) is 30.5 Å². The van der Waals surface area contributed by atoms with Gasteiger partial charge in [-0.05, 0) is 41.8 Å². The molecule has 6 heteroatoms. The van der Waals surface area contributed by atoms with Crippen molar-refractivity contribution >= 4 is 16.7 Å². The first-order chi connectivity index (χ1) is 12.6. The monoisotopic (exact) mass is 352 g/mol. The molecular formula is C20H21FN4O. The quantitative estimate of drug-likeness (QED) is 0.726. The number of hydrogen-bond acceptors (Lipinski definition) is 4. The second-order valence-electron chi connectivity index (χ2n) is 6.69. The molecule has 1 aliphatic rings. The summed E-state index contributed by atoms with van der Waals surface area (Å²) in [7, 11) is 1.70. The minimum absolute atomic E-state index is 0.0599. The van der Waals surface area contributed by atoms with Crippen LogP contribution in [-0.4, -0.2) is 40.6 Å². The molecule has 1 saturated heterocycles. The number of fused-ring (bicyclic) bond motifs is 1. The molecule has 0 N–H and O–H groups in total. The van der Waals surface area contributed by atoms with Gasteiger partial charge >= 0.3 is 0 Å². The summed E-state index contributed by atoms with van der Waals surface area (Å²) in [4.78, 5) is 21.6. The molecule has 0 bridgehead atoms. The Bertz CT molecular complexity index is 978. The fourth-order valence-electron chi connectivity index (χ4n) is 3.53. The summed E-state index contributed by atoms with van der Waals surface area (Å²) >= 11 is 0. The number of anilines is 1. The van der Waals surface area contributed by atoms with Crippen molar-refractivity contribution in [1.29, 1.82) is 0 Å². The van der Waals surface area contributed by atoms with Gasteiger partial charge in [0, 0.05) is 51.5 Å². The van der Waals surface area contributed by atoms with E-state index in [9.17, 15) is 9.18 Å². The first-order valence-corrected chi connectivity index (χ1v) is 8.78. The van der Waals surface area contributed by atoms with Gasteiger partial charge in [0.05, 0.1) is 5.52 Å². The second kappa shape index (κ2) is 6.88. The summed E-state index contributed by atoms with van der Waals surface area (Å²) in [6, 6.07) is 12.4. The lowest BCUT2D eigenvalue weighted by atomic mass is 10.1. The van der Waals surface area contributed by atoms with E-state index in [0.717, 1.165) is 42.9 Å². The summed E-state index contributed by atoms with van der Waals surface area (Å²) < 4.78 is 15.0. The minimum atomic E-state index is -0.328. The van der Waals surface area contributed by atoms with Crippen molar-refractivity contribution < 1.29 is 4.39 Å². The van der Waals surface area contributed by atoms with Crippen LogP contribution in [0.25, 0.3) is 10.9 Å². The molecule has 134 valence electrons. The lowest BCUT2D eigenvalue weighted by Crippen LogP contribution is -2.46. The van der Waals surface area contributed by atoms with Crippen molar-refractivity contribution in [2.75, 3.05) is 31.1 Å². The smallest absolute Gasteiger partial charge is 0.255 e. The number of nitrogens with zero attached hydrogens (tertiary/aromatic N) is 4. The molecule has 1 fully saturated rings. The Balaban J connectivity index is 1.51. The van der Waals surface area contributed by atoms with E-state index in [4.69, 9.17) is 0 Å². The number of benzene rings is 1. The van der Waals surface area contributed by atoms with Crippen LogP contribution in [0.3, 0.4) is 0 Å². The zero-order valence-electron chi connectivity index (χ0n) is 14.7. The summed E-state index contributed by atoms with van der Waals surface area (Å²) in [6.07, 6.45) is 1.81. The first-order valence-electron chi connectivity index (χ1n) is 8.78. The van der Waals surface area contributed by atoms with Crippen LogP contribution in [0.1, 0.15) is 5.56 Å². The van der Waals surface area contributed by atoms with Crippen LogP contribution in [0, 0.1) is 5.82 Å². The normalized spacial score (nSPS) is 15.5. The number of rotatable bonds is 3. The summed E-state index contributed by atoms with van der Waals surface area (Å²) in [5.41, 5.74) is 1.31. The molecule has 0 saturated carbocycles. The summed E-state index contributed by atoms with van der Waals surface area (Å²) in [5, 5.41) is 0.885. The average molecular weight is 352 g/mol. The fourth-order valence-corrected chi connectivity index (χ4v) is 3.53. The van der Waals surface area contributed by atoms with Crippen molar-refractivity contribution in [3.05, 3.63) is 70.4 Å². The highest BCUT2D eigenvalue weighted by Gasteiger charge is 2.19. The third kappa shape index (κ3) is 3.20. The topological polar surface area (TPSA) is 41.4 Å². The Hall–Kier alpha value is -2.73. The summed E-state index contributed by atoms with van der Waals surface area (Å²) in [6.45, 7) is 4.13. The molecule has 26 heavy (non-hydrogen) atoms. The lowest BCUT2D eigenvalue weighted by Gasteiger charge is -2.35. The third-order valence-corrected chi connectivity index (χ3v) is 5.00. The van der Waals surface area contributed by atoms with Crippen molar-refractivity contribution in [3.8, 4) is 0 Å². The fraction of sp³-hybridized carbons (Fsp3) is 0.300. The van der Waals surface area contributed by atoms with Crippen molar-refractivity contribution in [2.24, 2.45) is 7.05 Å². The van der Waals surface area contributed by atoms with Crippen molar-refractivity contribution in [1.82, 2.24) is 14.5 Å². The maximum absolute atomic E-state index is 13.5. The van der Waals surface area contributed by atoms with Crippen LogP contribution in [0.4, 0.5) is 10.2 Å². The zero-order valence-corrected chi connectivity index (χ0v) is 14.7. The summed E-state index contributed by atoms with van der Waals surface area (Å²) in [5.74, 6) is 0.668. The molecule has 1 aromatic carbocycles. The van der Waals surface area contributed by atoms with E-state index in [1.165, 1.54) is 16.7 Å². The van der Waals surface area contributed by atoms with E-state index in [1.54, 1.807) is 13.1 Å². The van der Waals surface area contributed by atoms with Crippen molar-refractivity contribution in [3.63, 3.8) is 0 Å². The van der Waals surface area contributed by atoms with Gasteiger partial charge in [-0.15, -0.1) is 0 Å². The van der Waals surface area contributed by atoms with Crippen LogP contribution in [0.2, 0.25) is 0 Å². The number of aryl methyl sites for hydroxylation is 1.